The number of nitrogens with zero attached hydrogens (tertiary/aromatic N) is 1. The molecule has 0 radical (unpaired) electrons. The number of rotatable bonds is 10. The van der Waals surface area contributed by atoms with Crippen LogP contribution in [0.25, 0.3) is 11.3 Å². The van der Waals surface area contributed by atoms with E-state index in [0.717, 1.165) is 30.8 Å². The number of carbonyl (C=O) groups is 2. The highest BCUT2D eigenvalue weighted by Crippen LogP contribution is 2.38. The van der Waals surface area contributed by atoms with Gasteiger partial charge in [0.1, 0.15) is 0 Å². The van der Waals surface area contributed by atoms with Gasteiger partial charge in [0.2, 0.25) is 10.0 Å². The first-order chi connectivity index (χ1) is 18.7. The molecule has 0 unspecified atom stereocenters. The van der Waals surface area contributed by atoms with E-state index in [1.54, 1.807) is 19.1 Å². The average Bonchev–Trinajstić information content (AvgIpc) is 3.18. The van der Waals surface area contributed by atoms with Gasteiger partial charge < -0.3 is 15.0 Å². The normalized spacial score (nSPS) is 20.2. The standard InChI is InChI=1S/C30H42ClN3O5S/c1-6-30(4,5)33-40(38,39)26-13-12-23(27(31)18(26)2)25-16-24(28(35)32-22-14-21(15-22)29(36)37)19(3)34(25)17-20-10-8-7-9-11-20/h12-13,16,20-22,33H,6-11,14-15,17H2,1-5H3,(H,32,35)(H,36,37)/t21-,22-. The first-order valence-corrected chi connectivity index (χ1v) is 16.2. The molecule has 3 N–H and O–H groups in total. The fraction of sp³-hybridized carbons (Fsp3) is 0.600. The summed E-state index contributed by atoms with van der Waals surface area (Å²) < 4.78 is 31.4. The topological polar surface area (TPSA) is 118 Å². The minimum absolute atomic E-state index is 0.140. The number of amides is 1. The van der Waals surface area contributed by atoms with Crippen LogP contribution < -0.4 is 10.0 Å². The SMILES string of the molecule is CCC(C)(C)NS(=O)(=O)c1ccc(-c2cc(C(=O)N[C@H]3C[C@H](C(=O)O)C3)c(C)n2CC2CCCCC2)c(Cl)c1C. The second-order valence-electron chi connectivity index (χ2n) is 12.2. The number of carbonyl (C=O) groups excluding carboxylic acids is 1. The molecule has 1 aromatic carbocycles. The van der Waals surface area contributed by atoms with Crippen molar-refractivity contribution >= 4 is 33.5 Å². The Labute approximate surface area is 242 Å². The zero-order valence-electron chi connectivity index (χ0n) is 24.1. The Kier molecular flexibility index (Phi) is 9.07. The van der Waals surface area contributed by atoms with Crippen molar-refractivity contribution in [1.29, 1.82) is 0 Å². The van der Waals surface area contributed by atoms with Crippen molar-refractivity contribution in [2.75, 3.05) is 0 Å². The summed E-state index contributed by atoms with van der Waals surface area (Å²) in [6.45, 7) is 10.0. The van der Waals surface area contributed by atoms with E-state index in [0.29, 0.717) is 46.9 Å². The lowest BCUT2D eigenvalue weighted by molar-refractivity contribution is -0.145. The van der Waals surface area contributed by atoms with Crippen molar-refractivity contribution in [2.24, 2.45) is 11.8 Å². The van der Waals surface area contributed by atoms with Gasteiger partial charge >= 0.3 is 5.97 Å². The Morgan fingerprint density at radius 1 is 1.12 bits per heavy atom. The molecule has 2 aliphatic rings. The summed E-state index contributed by atoms with van der Waals surface area (Å²) >= 11 is 6.90. The Morgan fingerprint density at radius 3 is 2.38 bits per heavy atom. The van der Waals surface area contributed by atoms with E-state index in [4.69, 9.17) is 11.6 Å². The Morgan fingerprint density at radius 2 is 1.77 bits per heavy atom. The Balaban J connectivity index is 1.71. The largest absolute Gasteiger partial charge is 0.481 e. The second kappa shape index (κ2) is 11.9. The maximum Gasteiger partial charge on any atom is 0.306 e. The number of sulfonamides is 1. The summed E-state index contributed by atoms with van der Waals surface area (Å²) in [7, 11) is -3.80. The Bertz CT molecular complexity index is 1390. The fourth-order valence-corrected chi connectivity index (χ4v) is 7.86. The van der Waals surface area contributed by atoms with Crippen molar-refractivity contribution < 1.29 is 23.1 Å². The molecular formula is C30H42ClN3O5S. The molecule has 40 heavy (non-hydrogen) atoms. The van der Waals surface area contributed by atoms with E-state index in [2.05, 4.69) is 14.6 Å². The van der Waals surface area contributed by atoms with Gasteiger partial charge in [-0.1, -0.05) is 43.9 Å². The van der Waals surface area contributed by atoms with Crippen LogP contribution in [0.15, 0.2) is 23.1 Å². The summed E-state index contributed by atoms with van der Waals surface area (Å²) in [6, 6.07) is 5.01. The predicted molar refractivity (Wildman–Crippen MR) is 157 cm³/mol. The molecule has 2 aromatic rings. The lowest BCUT2D eigenvalue weighted by Crippen LogP contribution is -2.46. The number of halogens is 1. The molecule has 220 valence electrons. The molecule has 0 saturated heterocycles. The minimum Gasteiger partial charge on any atom is -0.481 e. The summed E-state index contributed by atoms with van der Waals surface area (Å²) in [6.07, 6.45) is 7.36. The van der Waals surface area contributed by atoms with Crippen LogP contribution in [0.2, 0.25) is 5.02 Å². The van der Waals surface area contributed by atoms with Crippen LogP contribution in [0.1, 0.15) is 93.8 Å². The molecule has 10 heteroatoms. The van der Waals surface area contributed by atoms with Crippen LogP contribution >= 0.6 is 11.6 Å². The van der Waals surface area contributed by atoms with Crippen LogP contribution in [-0.2, 0) is 21.4 Å². The van der Waals surface area contributed by atoms with E-state index in [1.165, 1.54) is 19.3 Å². The predicted octanol–water partition coefficient (Wildman–Crippen LogP) is 6.07. The van der Waals surface area contributed by atoms with Crippen molar-refractivity contribution in [3.8, 4) is 11.3 Å². The number of hydrogen-bond donors (Lipinski definition) is 3. The van der Waals surface area contributed by atoms with E-state index in [9.17, 15) is 23.1 Å². The summed E-state index contributed by atoms with van der Waals surface area (Å²) in [5.74, 6) is -0.983. The Hall–Kier alpha value is -2.36. The maximum absolute atomic E-state index is 13.3. The van der Waals surface area contributed by atoms with Crippen LogP contribution in [0.4, 0.5) is 0 Å². The molecule has 0 aliphatic heterocycles. The minimum atomic E-state index is -3.80. The zero-order chi connectivity index (χ0) is 29.4. The lowest BCUT2D eigenvalue weighted by atomic mass is 9.80. The molecule has 0 spiro atoms. The number of hydrogen-bond acceptors (Lipinski definition) is 4. The molecule has 2 saturated carbocycles. The molecule has 1 amide bonds. The first kappa shape index (κ1) is 30.6. The highest BCUT2D eigenvalue weighted by Gasteiger charge is 2.36. The molecule has 1 aromatic heterocycles. The van der Waals surface area contributed by atoms with Gasteiger partial charge in [-0.3, -0.25) is 9.59 Å². The highest BCUT2D eigenvalue weighted by atomic mass is 35.5. The third kappa shape index (κ3) is 6.42. The summed E-state index contributed by atoms with van der Waals surface area (Å²) in [4.78, 5) is 24.7. The number of nitrogens with one attached hydrogen (secondary N) is 2. The van der Waals surface area contributed by atoms with Crippen LogP contribution in [-0.4, -0.2) is 41.5 Å². The molecule has 0 atom stereocenters. The summed E-state index contributed by atoms with van der Waals surface area (Å²) in [5, 5.41) is 12.5. The van der Waals surface area contributed by atoms with E-state index < -0.39 is 27.4 Å². The third-order valence-corrected chi connectivity index (χ3v) is 11.1. The first-order valence-electron chi connectivity index (χ1n) is 14.3. The molecule has 2 fully saturated rings. The van der Waals surface area contributed by atoms with Crippen molar-refractivity contribution in [2.45, 2.75) is 109 Å². The van der Waals surface area contributed by atoms with Crippen molar-refractivity contribution in [3.63, 3.8) is 0 Å². The monoisotopic (exact) mass is 591 g/mol. The van der Waals surface area contributed by atoms with Crippen molar-refractivity contribution in [3.05, 3.63) is 40.0 Å². The number of aliphatic carboxylic acids is 1. The van der Waals surface area contributed by atoms with Crippen LogP contribution in [0, 0.1) is 25.7 Å². The summed E-state index contributed by atoms with van der Waals surface area (Å²) in [5.41, 5.74) is 2.67. The molecule has 0 bridgehead atoms. The lowest BCUT2D eigenvalue weighted by Gasteiger charge is -2.32. The van der Waals surface area contributed by atoms with Gasteiger partial charge in [0.05, 0.1) is 27.1 Å². The van der Waals surface area contributed by atoms with Gasteiger partial charge in [0.25, 0.3) is 5.91 Å². The average molecular weight is 592 g/mol. The number of carboxylic acids is 1. The van der Waals surface area contributed by atoms with Gasteiger partial charge in [-0.2, -0.15) is 0 Å². The molecule has 8 nitrogen and oxygen atoms in total. The van der Waals surface area contributed by atoms with Gasteiger partial charge in [0, 0.05) is 29.4 Å². The third-order valence-electron chi connectivity index (χ3n) is 8.80. The number of aromatic nitrogens is 1. The van der Waals surface area contributed by atoms with E-state index in [-0.39, 0.29) is 16.8 Å². The van der Waals surface area contributed by atoms with Gasteiger partial charge in [0.15, 0.2) is 0 Å². The quantitative estimate of drug-likeness (QED) is 0.310. The fourth-order valence-electron chi connectivity index (χ4n) is 5.81. The maximum atomic E-state index is 13.3. The molecule has 4 rings (SSSR count). The van der Waals surface area contributed by atoms with Crippen LogP contribution in [0.5, 0.6) is 0 Å². The smallest absolute Gasteiger partial charge is 0.306 e. The molecular weight excluding hydrogens is 550 g/mol. The second-order valence-corrected chi connectivity index (χ2v) is 14.2. The van der Waals surface area contributed by atoms with Gasteiger partial charge in [-0.05, 0) is 83.4 Å². The van der Waals surface area contributed by atoms with E-state index in [1.807, 2.05) is 33.8 Å². The van der Waals surface area contributed by atoms with Gasteiger partial charge in [-0.25, -0.2) is 13.1 Å². The van der Waals surface area contributed by atoms with Crippen molar-refractivity contribution in [1.82, 2.24) is 14.6 Å². The number of carboxylic acid groups (broad SMARTS) is 1. The molecule has 2 aliphatic carbocycles. The highest BCUT2D eigenvalue weighted by molar-refractivity contribution is 7.89. The van der Waals surface area contributed by atoms with E-state index >= 15 is 0 Å². The molecule has 1 heterocycles. The van der Waals surface area contributed by atoms with Gasteiger partial charge in [-0.15, -0.1) is 0 Å². The van der Waals surface area contributed by atoms with Crippen LogP contribution in [0.3, 0.4) is 0 Å². The number of benzene rings is 1. The zero-order valence-corrected chi connectivity index (χ0v) is 25.7.